The fraction of sp³-hybridized carbons (Fsp3) is 0.219. The summed E-state index contributed by atoms with van der Waals surface area (Å²) in [5.41, 5.74) is 1.98. The Hall–Kier alpha value is -5.03. The Balaban J connectivity index is 1.62. The summed E-state index contributed by atoms with van der Waals surface area (Å²) in [5.74, 6) is 0.439. The van der Waals surface area contributed by atoms with Crippen LogP contribution in [0.15, 0.2) is 88.2 Å². The van der Waals surface area contributed by atoms with Crippen LogP contribution >= 0.6 is 11.3 Å². The van der Waals surface area contributed by atoms with E-state index in [0.29, 0.717) is 46.3 Å². The minimum absolute atomic E-state index is 0.120. The number of hydrogen-bond acceptors (Lipinski definition) is 9. The summed E-state index contributed by atoms with van der Waals surface area (Å²) in [7, 11) is 0. The minimum Gasteiger partial charge on any atom is -0.490 e. The van der Waals surface area contributed by atoms with Crippen molar-refractivity contribution in [3.05, 3.63) is 125 Å². The Labute approximate surface area is 251 Å². The summed E-state index contributed by atoms with van der Waals surface area (Å²) in [6, 6.07) is 20.5. The summed E-state index contributed by atoms with van der Waals surface area (Å²) < 4.78 is 18.9. The number of ether oxygens (including phenoxy) is 3. The lowest BCUT2D eigenvalue weighted by molar-refractivity contribution is -0.385. The van der Waals surface area contributed by atoms with Gasteiger partial charge in [0.1, 0.15) is 12.6 Å². The Morgan fingerprint density at radius 3 is 2.49 bits per heavy atom. The van der Waals surface area contributed by atoms with Crippen LogP contribution < -0.4 is 24.4 Å². The van der Waals surface area contributed by atoms with Crippen molar-refractivity contribution in [2.45, 2.75) is 33.4 Å². The average Bonchev–Trinajstić information content (AvgIpc) is 3.32. The maximum absolute atomic E-state index is 13.5. The smallest absolute Gasteiger partial charge is 0.338 e. The van der Waals surface area contributed by atoms with Crippen molar-refractivity contribution in [1.82, 2.24) is 4.57 Å². The molecule has 5 rings (SSSR count). The summed E-state index contributed by atoms with van der Waals surface area (Å²) >= 11 is 1.09. The Bertz CT molecular complexity index is 1890. The molecule has 0 bridgehead atoms. The van der Waals surface area contributed by atoms with Crippen LogP contribution in [0.4, 0.5) is 5.69 Å². The number of thiazole rings is 1. The first kappa shape index (κ1) is 29.5. The van der Waals surface area contributed by atoms with Crippen molar-refractivity contribution in [2.24, 2.45) is 4.99 Å². The summed E-state index contributed by atoms with van der Waals surface area (Å²) in [6.07, 6.45) is 1.48. The average molecular weight is 600 g/mol. The number of rotatable bonds is 10. The van der Waals surface area contributed by atoms with Crippen LogP contribution in [-0.4, -0.2) is 28.7 Å². The number of allylic oxidation sites excluding steroid dienone is 1. The highest BCUT2D eigenvalue weighted by Gasteiger charge is 2.32. The Morgan fingerprint density at radius 1 is 1.02 bits per heavy atom. The van der Waals surface area contributed by atoms with Gasteiger partial charge in [-0.25, -0.2) is 9.79 Å². The molecule has 0 fully saturated rings. The van der Waals surface area contributed by atoms with Gasteiger partial charge in [-0.1, -0.05) is 59.9 Å². The molecule has 0 saturated carbocycles. The van der Waals surface area contributed by atoms with Crippen LogP contribution in [-0.2, 0) is 16.1 Å². The quantitative estimate of drug-likeness (QED) is 0.146. The van der Waals surface area contributed by atoms with Crippen LogP contribution in [0.5, 0.6) is 11.5 Å². The van der Waals surface area contributed by atoms with Crippen molar-refractivity contribution in [3.8, 4) is 11.5 Å². The molecule has 4 aromatic rings. The van der Waals surface area contributed by atoms with E-state index in [2.05, 4.69) is 0 Å². The van der Waals surface area contributed by atoms with Crippen LogP contribution in [0.2, 0.25) is 0 Å². The zero-order valence-corrected chi connectivity index (χ0v) is 24.6. The van der Waals surface area contributed by atoms with Gasteiger partial charge in [0.15, 0.2) is 16.3 Å². The second-order valence-electron chi connectivity index (χ2n) is 9.51. The minimum atomic E-state index is -0.793. The third kappa shape index (κ3) is 6.12. The molecule has 0 radical (unpaired) electrons. The highest BCUT2D eigenvalue weighted by atomic mass is 32.1. The topological polar surface area (TPSA) is 122 Å². The predicted octanol–water partition coefficient (Wildman–Crippen LogP) is 4.79. The monoisotopic (exact) mass is 599 g/mol. The van der Waals surface area contributed by atoms with E-state index >= 15 is 0 Å². The first-order chi connectivity index (χ1) is 20.8. The predicted molar refractivity (Wildman–Crippen MR) is 163 cm³/mol. The molecule has 3 aromatic carbocycles. The van der Waals surface area contributed by atoms with Gasteiger partial charge in [-0.2, -0.15) is 0 Å². The van der Waals surface area contributed by atoms with Crippen LogP contribution in [0.3, 0.4) is 0 Å². The third-order valence-corrected chi connectivity index (χ3v) is 7.76. The number of benzene rings is 3. The molecule has 1 aliphatic rings. The Morgan fingerprint density at radius 2 is 1.77 bits per heavy atom. The molecule has 10 nitrogen and oxygen atoms in total. The molecule has 1 aromatic heterocycles. The number of carbonyl (C=O) groups excluding carboxylic acids is 1. The number of aromatic nitrogens is 1. The number of carbonyl (C=O) groups is 1. The molecule has 0 aliphatic carbocycles. The van der Waals surface area contributed by atoms with Crippen molar-refractivity contribution < 1.29 is 23.9 Å². The lowest BCUT2D eigenvalue weighted by Gasteiger charge is -2.23. The summed E-state index contributed by atoms with van der Waals surface area (Å²) in [5, 5.41) is 11.5. The first-order valence-corrected chi connectivity index (χ1v) is 14.5. The number of para-hydroxylation sites is 1. The maximum atomic E-state index is 13.5. The summed E-state index contributed by atoms with van der Waals surface area (Å²) in [6.45, 7) is 6.12. The van der Waals surface area contributed by atoms with Gasteiger partial charge in [0.2, 0.25) is 0 Å². The maximum Gasteiger partial charge on any atom is 0.338 e. The van der Waals surface area contributed by atoms with Crippen LogP contribution in [0.25, 0.3) is 11.8 Å². The number of nitro benzene ring substituents is 1. The summed E-state index contributed by atoms with van der Waals surface area (Å²) in [4.78, 5) is 43.0. The van der Waals surface area contributed by atoms with Gasteiger partial charge in [-0.05, 0) is 56.2 Å². The van der Waals surface area contributed by atoms with Crippen molar-refractivity contribution in [3.63, 3.8) is 0 Å². The number of esters is 1. The van der Waals surface area contributed by atoms with Gasteiger partial charge in [0, 0.05) is 11.8 Å². The van der Waals surface area contributed by atoms with Gasteiger partial charge >= 0.3 is 5.97 Å². The molecule has 1 aliphatic heterocycles. The Kier molecular flexibility index (Phi) is 8.82. The number of hydrogen-bond donors (Lipinski definition) is 0. The normalized spacial score (nSPS) is 14.6. The van der Waals surface area contributed by atoms with Crippen LogP contribution in [0, 0.1) is 10.1 Å². The number of nitrogens with zero attached hydrogens (tertiary/aromatic N) is 3. The van der Waals surface area contributed by atoms with Gasteiger partial charge in [0.05, 0.1) is 33.8 Å². The zero-order valence-electron chi connectivity index (χ0n) is 23.8. The second kappa shape index (κ2) is 12.9. The van der Waals surface area contributed by atoms with E-state index in [1.807, 2.05) is 43.3 Å². The van der Waals surface area contributed by atoms with Crippen molar-refractivity contribution >= 4 is 34.8 Å². The molecule has 0 unspecified atom stereocenters. The lowest BCUT2D eigenvalue weighted by Crippen LogP contribution is -2.35. The highest BCUT2D eigenvalue weighted by Crippen LogP contribution is 2.37. The third-order valence-electron chi connectivity index (χ3n) is 6.78. The highest BCUT2D eigenvalue weighted by molar-refractivity contribution is 7.07. The number of fused-ring (bicyclic) bond motifs is 1. The number of nitro groups is 1. The van der Waals surface area contributed by atoms with Gasteiger partial charge in [0.25, 0.3) is 11.2 Å². The fourth-order valence-corrected chi connectivity index (χ4v) is 5.82. The molecular formula is C32H29N3O7S. The molecular weight excluding hydrogens is 570 g/mol. The van der Waals surface area contributed by atoms with Gasteiger partial charge in [-0.3, -0.25) is 19.5 Å². The van der Waals surface area contributed by atoms with E-state index < -0.39 is 22.5 Å². The first-order valence-electron chi connectivity index (χ1n) is 13.7. The van der Waals surface area contributed by atoms with Gasteiger partial charge < -0.3 is 14.2 Å². The lowest BCUT2D eigenvalue weighted by atomic mass is 9.96. The molecule has 2 heterocycles. The molecule has 220 valence electrons. The van der Waals surface area contributed by atoms with E-state index in [9.17, 15) is 19.7 Å². The van der Waals surface area contributed by atoms with E-state index in [4.69, 9.17) is 19.2 Å². The largest absolute Gasteiger partial charge is 0.490 e. The molecule has 0 N–H and O–H groups in total. The molecule has 1 atom stereocenters. The molecule has 11 heteroatoms. The fourth-order valence-electron chi connectivity index (χ4n) is 4.79. The second-order valence-corrected chi connectivity index (χ2v) is 10.5. The van der Waals surface area contributed by atoms with Crippen molar-refractivity contribution in [1.29, 1.82) is 0 Å². The van der Waals surface area contributed by atoms with Gasteiger partial charge in [-0.15, -0.1) is 0 Å². The van der Waals surface area contributed by atoms with E-state index in [1.165, 1.54) is 16.7 Å². The molecule has 0 amide bonds. The SMILES string of the molecule is CCOC(=O)C1=C(C)n2c(s/c(=C\c3ccccc3[N+](=O)[O-])c2=O)=N[C@H]1c1ccc(OCc2ccccc2)c(OCC)c1. The standard InChI is InChI=1S/C32H29N3O7S/c1-4-40-26-17-23(15-16-25(26)42-19-21-11-7-6-8-12-21)29-28(31(37)41-5-2)20(3)34-30(36)27(43-32(34)33-29)18-22-13-9-10-14-24(22)35(38)39/h6-18,29H,4-5,19H2,1-3H3/b27-18-/t29-/m0/s1. The van der Waals surface area contributed by atoms with Crippen molar-refractivity contribution in [2.75, 3.05) is 13.2 Å². The van der Waals surface area contributed by atoms with E-state index in [-0.39, 0.29) is 22.4 Å². The zero-order chi connectivity index (χ0) is 30.5. The molecule has 0 saturated heterocycles. The van der Waals surface area contributed by atoms with Crippen LogP contribution in [0.1, 0.15) is 43.5 Å². The molecule has 0 spiro atoms. The molecule has 43 heavy (non-hydrogen) atoms. The van der Waals surface area contributed by atoms with E-state index in [1.54, 1.807) is 44.2 Å². The van der Waals surface area contributed by atoms with E-state index in [0.717, 1.165) is 16.9 Å².